The number of amides is 1. The van der Waals surface area contributed by atoms with Crippen LogP contribution in [0.1, 0.15) is 51.7 Å². The van der Waals surface area contributed by atoms with Crippen molar-refractivity contribution in [1.29, 1.82) is 0 Å². The fourth-order valence-electron chi connectivity index (χ4n) is 4.46. The number of hydrogen-bond donors (Lipinski definition) is 0. The highest BCUT2D eigenvalue weighted by Crippen LogP contribution is 2.39. The molecule has 0 spiro atoms. The highest BCUT2D eigenvalue weighted by Gasteiger charge is 2.43. The van der Waals surface area contributed by atoms with Crippen molar-refractivity contribution in [3.63, 3.8) is 0 Å². The van der Waals surface area contributed by atoms with Crippen molar-refractivity contribution in [2.45, 2.75) is 38.8 Å². The van der Waals surface area contributed by atoms with E-state index in [0.29, 0.717) is 35.2 Å². The van der Waals surface area contributed by atoms with Crippen LogP contribution in [-0.2, 0) is 4.74 Å². The molecule has 1 fully saturated rings. The lowest BCUT2D eigenvalue weighted by Gasteiger charge is -2.27. The van der Waals surface area contributed by atoms with Gasteiger partial charge in [-0.3, -0.25) is 9.59 Å². The van der Waals surface area contributed by atoms with Crippen molar-refractivity contribution in [3.05, 3.63) is 80.5 Å². The van der Waals surface area contributed by atoms with E-state index in [1.54, 1.807) is 23.1 Å². The van der Waals surface area contributed by atoms with Gasteiger partial charge in [-0.2, -0.15) is 0 Å². The van der Waals surface area contributed by atoms with Gasteiger partial charge >= 0.3 is 0 Å². The molecule has 5 nitrogen and oxygen atoms in total. The monoisotopic (exact) mass is 407 g/mol. The Bertz CT molecular complexity index is 1210. The third-order valence-electron chi connectivity index (χ3n) is 6.19. The predicted molar refractivity (Wildman–Crippen MR) is 110 cm³/mol. The number of carbonyl (C=O) groups is 1. The lowest BCUT2D eigenvalue weighted by molar-refractivity contribution is 0.0486. The number of benzene rings is 2. The normalized spacial score (nSPS) is 20.9. The summed E-state index contributed by atoms with van der Waals surface area (Å²) < 4.78 is 25.3. The summed E-state index contributed by atoms with van der Waals surface area (Å²) in [6.45, 7) is 4.90. The maximum atomic E-state index is 13.6. The van der Waals surface area contributed by atoms with Gasteiger partial charge in [-0.25, -0.2) is 4.39 Å². The Labute approximate surface area is 173 Å². The summed E-state index contributed by atoms with van der Waals surface area (Å²) in [6.07, 6.45) is 1.72. The number of aryl methyl sites for hydroxylation is 2. The fraction of sp³-hybridized carbons (Fsp3) is 0.333. The third-order valence-corrected chi connectivity index (χ3v) is 6.19. The van der Waals surface area contributed by atoms with Crippen LogP contribution in [0.2, 0.25) is 0 Å². The largest absolute Gasteiger partial charge is 0.450 e. The molecule has 30 heavy (non-hydrogen) atoms. The van der Waals surface area contributed by atoms with E-state index in [-0.39, 0.29) is 29.0 Å². The van der Waals surface area contributed by atoms with Gasteiger partial charge in [0, 0.05) is 13.2 Å². The number of hydrogen-bond acceptors (Lipinski definition) is 4. The van der Waals surface area contributed by atoms with Crippen molar-refractivity contribution in [2.24, 2.45) is 0 Å². The van der Waals surface area contributed by atoms with E-state index >= 15 is 0 Å². The molecule has 0 radical (unpaired) electrons. The highest BCUT2D eigenvalue weighted by atomic mass is 19.1. The molecule has 3 aromatic rings. The smallest absolute Gasteiger partial charge is 0.291 e. The number of rotatable bonds is 3. The van der Waals surface area contributed by atoms with Crippen molar-refractivity contribution in [2.75, 3.05) is 13.2 Å². The van der Waals surface area contributed by atoms with Gasteiger partial charge in [0.1, 0.15) is 11.4 Å². The van der Waals surface area contributed by atoms with E-state index in [0.717, 1.165) is 24.0 Å². The topological polar surface area (TPSA) is 59.8 Å². The van der Waals surface area contributed by atoms with Crippen LogP contribution in [0.4, 0.5) is 4.39 Å². The second kappa shape index (κ2) is 7.06. The number of halogens is 1. The standard InChI is InChI=1S/C24H22FNO4/c1-13-10-18-19(11-14(13)2)30-23-20(22(18)27)21(15-5-7-16(25)8-6-15)26(24(23)28)12-17-4-3-9-29-17/h5-8,10-11,17,21H,3-4,9,12H2,1-2H3/t17-,21-/m0/s1. The van der Waals surface area contributed by atoms with Crippen LogP contribution in [0.15, 0.2) is 45.6 Å². The summed E-state index contributed by atoms with van der Waals surface area (Å²) in [5.74, 6) is -0.624. The Balaban J connectivity index is 1.72. The van der Waals surface area contributed by atoms with E-state index in [2.05, 4.69) is 0 Å². The molecule has 0 unspecified atom stereocenters. The number of carbonyl (C=O) groups excluding carboxylic acids is 1. The Kier molecular flexibility index (Phi) is 4.47. The first-order valence-electron chi connectivity index (χ1n) is 10.2. The molecule has 1 aromatic heterocycles. The molecule has 2 aromatic carbocycles. The van der Waals surface area contributed by atoms with E-state index in [4.69, 9.17) is 9.15 Å². The predicted octanol–water partition coefficient (Wildman–Crippen LogP) is 4.27. The Morgan fingerprint density at radius 2 is 1.83 bits per heavy atom. The molecule has 0 bridgehead atoms. The molecule has 154 valence electrons. The molecule has 6 heteroatoms. The van der Waals surface area contributed by atoms with Crippen molar-refractivity contribution < 1.29 is 18.3 Å². The first kappa shape index (κ1) is 19.0. The van der Waals surface area contributed by atoms with Crippen LogP contribution in [0.25, 0.3) is 11.0 Å². The van der Waals surface area contributed by atoms with Gasteiger partial charge in [-0.1, -0.05) is 12.1 Å². The molecule has 2 atom stereocenters. The summed E-state index contributed by atoms with van der Waals surface area (Å²) in [4.78, 5) is 28.5. The summed E-state index contributed by atoms with van der Waals surface area (Å²) in [5.41, 5.74) is 3.16. The van der Waals surface area contributed by atoms with Crippen molar-refractivity contribution >= 4 is 16.9 Å². The van der Waals surface area contributed by atoms with Crippen LogP contribution in [-0.4, -0.2) is 30.1 Å². The second-order valence-electron chi connectivity index (χ2n) is 8.15. The van der Waals surface area contributed by atoms with Crippen LogP contribution < -0.4 is 5.43 Å². The Morgan fingerprint density at radius 3 is 2.53 bits per heavy atom. The first-order valence-corrected chi connectivity index (χ1v) is 10.2. The molecule has 0 N–H and O–H groups in total. The molecular formula is C24H22FNO4. The van der Waals surface area contributed by atoms with Crippen LogP contribution in [0, 0.1) is 19.7 Å². The molecule has 0 saturated carbocycles. The van der Waals surface area contributed by atoms with Crippen molar-refractivity contribution in [1.82, 2.24) is 4.90 Å². The average molecular weight is 407 g/mol. The molecule has 2 aliphatic rings. The molecule has 5 rings (SSSR count). The molecule has 3 heterocycles. The van der Waals surface area contributed by atoms with Crippen LogP contribution in [0.3, 0.4) is 0 Å². The fourth-order valence-corrected chi connectivity index (χ4v) is 4.46. The molecule has 1 saturated heterocycles. The summed E-state index contributed by atoms with van der Waals surface area (Å²) in [5, 5.41) is 0.454. The molecule has 1 amide bonds. The number of ether oxygens (including phenoxy) is 1. The first-order chi connectivity index (χ1) is 14.4. The quantitative estimate of drug-likeness (QED) is 0.651. The van der Waals surface area contributed by atoms with E-state index < -0.39 is 6.04 Å². The van der Waals surface area contributed by atoms with Gasteiger partial charge in [0.05, 0.1) is 23.1 Å². The molecule has 0 aliphatic carbocycles. The SMILES string of the molecule is Cc1cc2oc3c(c(=O)c2cc1C)[C@H](c1ccc(F)cc1)N(C[C@@H]1CCCO1)C3=O. The van der Waals surface area contributed by atoms with E-state index in [9.17, 15) is 14.0 Å². The van der Waals surface area contributed by atoms with Crippen molar-refractivity contribution in [3.8, 4) is 0 Å². The third kappa shape index (κ3) is 2.94. The van der Waals surface area contributed by atoms with E-state index in [1.807, 2.05) is 19.9 Å². The van der Waals surface area contributed by atoms with E-state index in [1.165, 1.54) is 12.1 Å². The zero-order chi connectivity index (χ0) is 21.0. The van der Waals surface area contributed by atoms with Crippen LogP contribution >= 0.6 is 0 Å². The molecular weight excluding hydrogens is 385 g/mol. The van der Waals surface area contributed by atoms with Gasteiger partial charge < -0.3 is 14.1 Å². The second-order valence-corrected chi connectivity index (χ2v) is 8.15. The Hall–Kier alpha value is -2.99. The lowest BCUT2D eigenvalue weighted by atomic mass is 9.97. The zero-order valence-electron chi connectivity index (χ0n) is 16.9. The minimum Gasteiger partial charge on any atom is -0.450 e. The summed E-state index contributed by atoms with van der Waals surface area (Å²) in [6, 6.07) is 8.92. The lowest BCUT2D eigenvalue weighted by Crippen LogP contribution is -2.36. The Morgan fingerprint density at radius 1 is 1.10 bits per heavy atom. The van der Waals surface area contributed by atoms with Gasteiger partial charge in [0.15, 0.2) is 5.43 Å². The van der Waals surface area contributed by atoms with Crippen LogP contribution in [0.5, 0.6) is 0 Å². The van der Waals surface area contributed by atoms with Gasteiger partial charge in [-0.15, -0.1) is 0 Å². The maximum Gasteiger partial charge on any atom is 0.291 e. The number of fused-ring (bicyclic) bond motifs is 2. The van der Waals surface area contributed by atoms with Gasteiger partial charge in [0.25, 0.3) is 5.91 Å². The minimum absolute atomic E-state index is 0.0723. The average Bonchev–Trinajstić information content (AvgIpc) is 3.33. The minimum atomic E-state index is -0.625. The molecule has 2 aliphatic heterocycles. The highest BCUT2D eigenvalue weighted by molar-refractivity contribution is 5.99. The van der Waals surface area contributed by atoms with Gasteiger partial charge in [0.2, 0.25) is 5.76 Å². The van der Waals surface area contributed by atoms with Gasteiger partial charge in [-0.05, 0) is 67.6 Å². The maximum absolute atomic E-state index is 13.6. The summed E-state index contributed by atoms with van der Waals surface area (Å²) in [7, 11) is 0. The number of nitrogens with zero attached hydrogens (tertiary/aromatic N) is 1. The summed E-state index contributed by atoms with van der Waals surface area (Å²) >= 11 is 0. The zero-order valence-corrected chi connectivity index (χ0v) is 16.9.